The Morgan fingerprint density at radius 3 is 2.62 bits per heavy atom. The van der Waals surface area contributed by atoms with E-state index in [9.17, 15) is 4.79 Å². The van der Waals surface area contributed by atoms with Gasteiger partial charge in [-0.05, 0) is 43.6 Å². The van der Waals surface area contributed by atoms with Gasteiger partial charge in [0.1, 0.15) is 0 Å². The van der Waals surface area contributed by atoms with Crippen LogP contribution in [0.15, 0.2) is 11.6 Å². The summed E-state index contributed by atoms with van der Waals surface area (Å²) in [5.41, 5.74) is 1.82. The Bertz CT molecular complexity index is 236. The molecule has 1 unspecified atom stereocenters. The Balaban J connectivity index is 2.69. The molecule has 0 amide bonds. The molecule has 1 atom stereocenters. The zero-order chi connectivity index (χ0) is 10.1. The van der Waals surface area contributed by atoms with E-state index in [4.69, 9.17) is 0 Å². The predicted molar refractivity (Wildman–Crippen MR) is 55.6 cm³/mol. The third-order valence-electron chi connectivity index (χ3n) is 2.97. The minimum Gasteiger partial charge on any atom is -0.295 e. The molecule has 0 bridgehead atoms. The summed E-state index contributed by atoms with van der Waals surface area (Å²) in [5, 5.41) is 0. The lowest BCUT2D eigenvalue weighted by molar-refractivity contribution is -0.112. The van der Waals surface area contributed by atoms with Crippen molar-refractivity contribution < 1.29 is 4.79 Å². The second-order valence-electron chi connectivity index (χ2n) is 5.10. The summed E-state index contributed by atoms with van der Waals surface area (Å²) < 4.78 is 0. The molecule has 13 heavy (non-hydrogen) atoms. The van der Waals surface area contributed by atoms with Gasteiger partial charge in [-0.1, -0.05) is 26.3 Å². The average molecular weight is 180 g/mol. The molecular weight excluding hydrogens is 160 g/mol. The molecule has 0 aliphatic heterocycles. The van der Waals surface area contributed by atoms with E-state index in [2.05, 4.69) is 20.8 Å². The maximum atomic E-state index is 10.9. The molecule has 0 heterocycles. The minimum absolute atomic E-state index is 0.196. The number of hydrogen-bond donors (Lipinski definition) is 0. The highest BCUT2D eigenvalue weighted by Gasteiger charge is 2.28. The van der Waals surface area contributed by atoms with Crippen molar-refractivity contribution in [2.75, 3.05) is 0 Å². The van der Waals surface area contributed by atoms with Crippen molar-refractivity contribution in [3.63, 3.8) is 0 Å². The van der Waals surface area contributed by atoms with Crippen LogP contribution < -0.4 is 0 Å². The largest absolute Gasteiger partial charge is 0.295 e. The third kappa shape index (κ3) is 2.98. The highest BCUT2D eigenvalue weighted by atomic mass is 16.1. The van der Waals surface area contributed by atoms with E-state index in [1.165, 1.54) is 18.4 Å². The first-order chi connectivity index (χ1) is 5.91. The van der Waals surface area contributed by atoms with Crippen LogP contribution in [0.3, 0.4) is 0 Å². The molecule has 0 N–H and O–H groups in total. The van der Waals surface area contributed by atoms with Gasteiger partial charge < -0.3 is 0 Å². The molecule has 0 aromatic heterocycles. The lowest BCUT2D eigenvalue weighted by atomic mass is 9.70. The highest BCUT2D eigenvalue weighted by molar-refractivity contribution is 5.88. The summed E-state index contributed by atoms with van der Waals surface area (Å²) in [4.78, 5) is 10.9. The van der Waals surface area contributed by atoms with E-state index in [0.717, 1.165) is 6.42 Å². The molecule has 1 saturated carbocycles. The number of carbonyl (C=O) groups excluding carboxylic acids is 1. The van der Waals surface area contributed by atoms with E-state index >= 15 is 0 Å². The van der Waals surface area contributed by atoms with Crippen molar-refractivity contribution in [2.24, 2.45) is 11.3 Å². The van der Waals surface area contributed by atoms with Crippen LogP contribution in [0.25, 0.3) is 0 Å². The number of carbonyl (C=O) groups is 1. The van der Waals surface area contributed by atoms with Crippen molar-refractivity contribution >= 4 is 5.78 Å². The Morgan fingerprint density at radius 2 is 2.15 bits per heavy atom. The monoisotopic (exact) mass is 180 g/mol. The highest BCUT2D eigenvalue weighted by Crippen LogP contribution is 2.41. The number of hydrogen-bond acceptors (Lipinski definition) is 1. The van der Waals surface area contributed by atoms with Gasteiger partial charge in [-0.3, -0.25) is 4.79 Å². The number of ketones is 1. The topological polar surface area (TPSA) is 17.1 Å². The molecule has 0 saturated heterocycles. The molecule has 0 spiro atoms. The van der Waals surface area contributed by atoms with Crippen LogP contribution in [0.5, 0.6) is 0 Å². The Morgan fingerprint density at radius 1 is 1.54 bits per heavy atom. The predicted octanol–water partition coefficient (Wildman–Crippen LogP) is 3.35. The lowest BCUT2D eigenvalue weighted by Crippen LogP contribution is -2.23. The normalized spacial score (nSPS) is 30.5. The van der Waals surface area contributed by atoms with Crippen molar-refractivity contribution in [2.45, 2.75) is 47.0 Å². The quantitative estimate of drug-likeness (QED) is 0.565. The van der Waals surface area contributed by atoms with Crippen LogP contribution in [0.4, 0.5) is 0 Å². The number of allylic oxidation sites excluding steroid dienone is 2. The van der Waals surface area contributed by atoms with Gasteiger partial charge in [0, 0.05) is 0 Å². The molecule has 0 aromatic rings. The molecule has 1 rings (SSSR count). The zero-order valence-corrected chi connectivity index (χ0v) is 9.18. The summed E-state index contributed by atoms with van der Waals surface area (Å²) >= 11 is 0. The first kappa shape index (κ1) is 10.5. The zero-order valence-electron chi connectivity index (χ0n) is 9.18. The van der Waals surface area contributed by atoms with Gasteiger partial charge in [-0.25, -0.2) is 0 Å². The van der Waals surface area contributed by atoms with Gasteiger partial charge in [-0.15, -0.1) is 0 Å². The minimum atomic E-state index is 0.196. The summed E-state index contributed by atoms with van der Waals surface area (Å²) in [7, 11) is 0. The van der Waals surface area contributed by atoms with Crippen molar-refractivity contribution in [3.05, 3.63) is 11.6 Å². The van der Waals surface area contributed by atoms with Crippen molar-refractivity contribution in [1.82, 2.24) is 0 Å². The smallest absolute Gasteiger partial charge is 0.152 e. The van der Waals surface area contributed by atoms with E-state index in [1.54, 1.807) is 6.92 Å². The Labute approximate surface area is 81.2 Å². The first-order valence-electron chi connectivity index (χ1n) is 5.12. The van der Waals surface area contributed by atoms with Gasteiger partial charge in [0.2, 0.25) is 0 Å². The van der Waals surface area contributed by atoms with E-state index < -0.39 is 0 Å². The first-order valence-corrected chi connectivity index (χ1v) is 5.12. The number of rotatable bonds is 1. The SMILES string of the molecule is CC(=O)C=C1CCC(C)(C)CC1C. The fourth-order valence-corrected chi connectivity index (χ4v) is 2.27. The lowest BCUT2D eigenvalue weighted by Gasteiger charge is -2.35. The van der Waals surface area contributed by atoms with E-state index in [0.29, 0.717) is 11.3 Å². The van der Waals surface area contributed by atoms with Crippen LogP contribution in [-0.2, 0) is 4.79 Å². The third-order valence-corrected chi connectivity index (χ3v) is 2.97. The molecule has 1 aliphatic carbocycles. The molecule has 0 radical (unpaired) electrons. The van der Waals surface area contributed by atoms with Crippen LogP contribution >= 0.6 is 0 Å². The molecule has 1 nitrogen and oxygen atoms in total. The van der Waals surface area contributed by atoms with Gasteiger partial charge in [-0.2, -0.15) is 0 Å². The molecular formula is C12H20O. The standard InChI is InChI=1S/C12H20O/c1-9-8-12(3,4)6-5-11(9)7-10(2)13/h7,9H,5-6,8H2,1-4H3. The second kappa shape index (κ2) is 3.65. The molecule has 0 aromatic carbocycles. The second-order valence-corrected chi connectivity index (χ2v) is 5.10. The van der Waals surface area contributed by atoms with E-state index in [-0.39, 0.29) is 5.78 Å². The molecule has 1 fully saturated rings. The Kier molecular flexibility index (Phi) is 2.94. The fourth-order valence-electron chi connectivity index (χ4n) is 2.27. The molecule has 74 valence electrons. The summed E-state index contributed by atoms with van der Waals surface area (Å²) in [6.07, 6.45) is 5.37. The maximum Gasteiger partial charge on any atom is 0.152 e. The van der Waals surface area contributed by atoms with Crippen molar-refractivity contribution in [3.8, 4) is 0 Å². The van der Waals surface area contributed by atoms with Gasteiger partial charge in [0.05, 0.1) is 0 Å². The van der Waals surface area contributed by atoms with Crippen LogP contribution in [-0.4, -0.2) is 5.78 Å². The van der Waals surface area contributed by atoms with Crippen molar-refractivity contribution in [1.29, 1.82) is 0 Å². The van der Waals surface area contributed by atoms with Crippen LogP contribution in [0.2, 0.25) is 0 Å². The van der Waals surface area contributed by atoms with Gasteiger partial charge >= 0.3 is 0 Å². The van der Waals surface area contributed by atoms with Gasteiger partial charge in [0.25, 0.3) is 0 Å². The Hall–Kier alpha value is -0.590. The molecule has 1 heteroatoms. The van der Waals surface area contributed by atoms with E-state index in [1.807, 2.05) is 6.08 Å². The summed E-state index contributed by atoms with van der Waals surface area (Å²) in [6.45, 7) is 8.50. The summed E-state index contributed by atoms with van der Waals surface area (Å²) in [6, 6.07) is 0. The fraction of sp³-hybridized carbons (Fsp3) is 0.750. The van der Waals surface area contributed by atoms with Crippen LogP contribution in [0.1, 0.15) is 47.0 Å². The van der Waals surface area contributed by atoms with Crippen LogP contribution in [0, 0.1) is 11.3 Å². The maximum absolute atomic E-state index is 10.9. The average Bonchev–Trinajstić information content (AvgIpc) is 1.93. The summed E-state index contributed by atoms with van der Waals surface area (Å²) in [5.74, 6) is 0.786. The van der Waals surface area contributed by atoms with Gasteiger partial charge in [0.15, 0.2) is 5.78 Å². The molecule has 1 aliphatic rings.